The first-order valence-corrected chi connectivity index (χ1v) is 10.3. The van der Waals surface area contributed by atoms with Crippen molar-refractivity contribution in [3.63, 3.8) is 0 Å². The summed E-state index contributed by atoms with van der Waals surface area (Å²) in [6.45, 7) is 5.09. The maximum atomic E-state index is 12.4. The molecule has 2 aromatic rings. The number of piperidine rings is 2. The van der Waals surface area contributed by atoms with E-state index in [-0.39, 0.29) is 17.9 Å². The summed E-state index contributed by atoms with van der Waals surface area (Å²) in [6, 6.07) is 5.89. The second-order valence-corrected chi connectivity index (χ2v) is 7.47. The molecule has 3 heterocycles. The van der Waals surface area contributed by atoms with Gasteiger partial charge < -0.3 is 10.1 Å². The molecule has 1 unspecified atom stereocenters. The molecule has 1 aromatic heterocycles. The number of imide groups is 1. The fourth-order valence-corrected chi connectivity index (χ4v) is 4.06. The summed E-state index contributed by atoms with van der Waals surface area (Å²) in [5.74, 6) is 5.48. The van der Waals surface area contributed by atoms with E-state index in [1.54, 1.807) is 0 Å². The van der Waals surface area contributed by atoms with Crippen LogP contribution in [0.5, 0.6) is 0 Å². The van der Waals surface area contributed by atoms with Gasteiger partial charge in [-0.1, -0.05) is 24.0 Å². The Hall–Kier alpha value is -2.69. The summed E-state index contributed by atoms with van der Waals surface area (Å²) in [6.07, 6.45) is 3.15. The van der Waals surface area contributed by atoms with Crippen LogP contribution in [0, 0.1) is 11.8 Å². The molecule has 0 spiro atoms. The quantitative estimate of drug-likeness (QED) is 0.609. The lowest BCUT2D eigenvalue weighted by atomic mass is 9.92. The summed E-state index contributed by atoms with van der Waals surface area (Å²) in [5.41, 5.74) is 2.54. The molecule has 1 atom stereocenters. The number of benzene rings is 1. The van der Waals surface area contributed by atoms with Gasteiger partial charge in [0.15, 0.2) is 0 Å². The first kappa shape index (κ1) is 19.6. The lowest BCUT2D eigenvalue weighted by Gasteiger charge is -2.21. The van der Waals surface area contributed by atoms with Crippen molar-refractivity contribution in [3.8, 4) is 11.8 Å². The number of aryl methyl sites for hydroxylation is 1. The number of carbonyl (C=O) groups excluding carboxylic acids is 2. The van der Waals surface area contributed by atoms with Gasteiger partial charge in [-0.15, -0.1) is 0 Å². The van der Waals surface area contributed by atoms with Crippen molar-refractivity contribution in [2.75, 3.05) is 19.7 Å². The second kappa shape index (κ2) is 8.76. The van der Waals surface area contributed by atoms with E-state index in [2.05, 4.69) is 22.5 Å². The Morgan fingerprint density at radius 1 is 1.24 bits per heavy atom. The third kappa shape index (κ3) is 4.19. The average molecular weight is 394 g/mol. The second-order valence-electron chi connectivity index (χ2n) is 7.47. The van der Waals surface area contributed by atoms with E-state index in [4.69, 9.17) is 9.84 Å². The molecule has 1 aromatic carbocycles. The molecule has 0 saturated carbocycles. The number of fused-ring (bicyclic) bond motifs is 1. The zero-order valence-electron chi connectivity index (χ0n) is 16.7. The van der Waals surface area contributed by atoms with Crippen LogP contribution in [0.25, 0.3) is 10.9 Å². The molecule has 29 heavy (non-hydrogen) atoms. The highest BCUT2D eigenvalue weighted by Gasteiger charge is 2.32. The van der Waals surface area contributed by atoms with Gasteiger partial charge in [-0.2, -0.15) is 5.10 Å². The largest absolute Gasteiger partial charge is 0.365 e. The van der Waals surface area contributed by atoms with Crippen molar-refractivity contribution in [1.29, 1.82) is 0 Å². The number of hydrogen-bond donors (Lipinski definition) is 2. The van der Waals surface area contributed by atoms with Gasteiger partial charge in [-0.3, -0.25) is 19.6 Å². The monoisotopic (exact) mass is 394 g/mol. The molecule has 2 aliphatic rings. The van der Waals surface area contributed by atoms with Crippen LogP contribution in [-0.2, 0) is 20.9 Å². The SMILES string of the molecule is CCn1nc(C2CCC(=O)NC2=O)c2cccc(C#CCOC3CCNCC3)c21. The average Bonchev–Trinajstić information content (AvgIpc) is 3.11. The van der Waals surface area contributed by atoms with Gasteiger partial charge in [0.25, 0.3) is 0 Å². The van der Waals surface area contributed by atoms with Crippen LogP contribution in [-0.4, -0.2) is 47.4 Å². The van der Waals surface area contributed by atoms with Crippen molar-refractivity contribution in [3.05, 3.63) is 29.5 Å². The number of carbonyl (C=O) groups is 2. The molecule has 2 saturated heterocycles. The molecule has 2 aliphatic heterocycles. The summed E-state index contributed by atoms with van der Waals surface area (Å²) in [7, 11) is 0. The number of hydrogen-bond acceptors (Lipinski definition) is 5. The lowest BCUT2D eigenvalue weighted by Crippen LogP contribution is -2.39. The summed E-state index contributed by atoms with van der Waals surface area (Å²) in [4.78, 5) is 23.9. The van der Waals surface area contributed by atoms with E-state index in [1.165, 1.54) is 0 Å². The Bertz CT molecular complexity index is 979. The maximum Gasteiger partial charge on any atom is 0.235 e. The highest BCUT2D eigenvalue weighted by molar-refractivity contribution is 6.02. The summed E-state index contributed by atoms with van der Waals surface area (Å²) in [5, 5.41) is 11.4. The Kier molecular flexibility index (Phi) is 5.93. The number of nitrogens with zero attached hydrogens (tertiary/aromatic N) is 2. The molecule has 2 N–H and O–H groups in total. The van der Waals surface area contributed by atoms with E-state index in [1.807, 2.05) is 29.8 Å². The Morgan fingerprint density at radius 3 is 2.83 bits per heavy atom. The van der Waals surface area contributed by atoms with Gasteiger partial charge in [0, 0.05) is 18.4 Å². The molecular formula is C22H26N4O3. The van der Waals surface area contributed by atoms with Crippen molar-refractivity contribution < 1.29 is 14.3 Å². The van der Waals surface area contributed by atoms with Gasteiger partial charge in [0.1, 0.15) is 6.61 Å². The highest BCUT2D eigenvalue weighted by Crippen LogP contribution is 2.31. The van der Waals surface area contributed by atoms with E-state index in [0.717, 1.165) is 48.1 Å². The number of rotatable bonds is 4. The van der Waals surface area contributed by atoms with Crippen LogP contribution in [0.2, 0.25) is 0 Å². The normalized spacial score (nSPS) is 20.4. The van der Waals surface area contributed by atoms with Gasteiger partial charge in [0.05, 0.1) is 28.8 Å². The van der Waals surface area contributed by atoms with Crippen LogP contribution in [0.4, 0.5) is 0 Å². The van der Waals surface area contributed by atoms with E-state index >= 15 is 0 Å². The number of para-hydroxylation sites is 1. The van der Waals surface area contributed by atoms with Crippen molar-refractivity contribution in [2.24, 2.45) is 0 Å². The minimum atomic E-state index is -0.408. The minimum absolute atomic E-state index is 0.217. The topological polar surface area (TPSA) is 85.2 Å². The van der Waals surface area contributed by atoms with Crippen LogP contribution in [0.15, 0.2) is 18.2 Å². The van der Waals surface area contributed by atoms with Gasteiger partial charge in [-0.05, 0) is 45.3 Å². The molecular weight excluding hydrogens is 368 g/mol. The standard InChI is InChI=1S/C22H26N4O3/c1-2-26-21-15(6-4-14-29-16-10-12-23-13-11-16)5-3-7-17(21)20(25-26)18-8-9-19(27)24-22(18)28/h3,5,7,16,18,23H,2,8-14H2,1H3,(H,24,27,28). The number of nitrogens with one attached hydrogen (secondary N) is 2. The first-order valence-electron chi connectivity index (χ1n) is 10.3. The number of aromatic nitrogens is 2. The molecule has 2 fully saturated rings. The number of amides is 2. The molecule has 152 valence electrons. The maximum absolute atomic E-state index is 12.4. The first-order chi connectivity index (χ1) is 14.2. The fraction of sp³-hybridized carbons (Fsp3) is 0.500. The minimum Gasteiger partial charge on any atom is -0.365 e. The zero-order valence-corrected chi connectivity index (χ0v) is 16.7. The Balaban J connectivity index is 1.59. The molecule has 0 aliphatic carbocycles. The molecule has 4 rings (SSSR count). The smallest absolute Gasteiger partial charge is 0.235 e. The predicted molar refractivity (Wildman–Crippen MR) is 109 cm³/mol. The van der Waals surface area contributed by atoms with E-state index in [9.17, 15) is 9.59 Å². The van der Waals surface area contributed by atoms with Crippen LogP contribution in [0.1, 0.15) is 49.8 Å². The summed E-state index contributed by atoms with van der Waals surface area (Å²) >= 11 is 0. The molecule has 7 heteroatoms. The van der Waals surface area contributed by atoms with Gasteiger partial charge in [-0.25, -0.2) is 0 Å². The Morgan fingerprint density at radius 2 is 2.07 bits per heavy atom. The van der Waals surface area contributed by atoms with Crippen LogP contribution >= 0.6 is 0 Å². The number of ether oxygens (including phenoxy) is 1. The van der Waals surface area contributed by atoms with Gasteiger partial charge >= 0.3 is 0 Å². The van der Waals surface area contributed by atoms with E-state index < -0.39 is 5.92 Å². The van der Waals surface area contributed by atoms with Crippen LogP contribution < -0.4 is 10.6 Å². The van der Waals surface area contributed by atoms with Crippen molar-refractivity contribution in [2.45, 2.75) is 51.2 Å². The summed E-state index contributed by atoms with van der Waals surface area (Å²) < 4.78 is 7.77. The predicted octanol–water partition coefficient (Wildman–Crippen LogP) is 1.70. The third-order valence-electron chi connectivity index (χ3n) is 5.57. The molecule has 7 nitrogen and oxygen atoms in total. The lowest BCUT2D eigenvalue weighted by molar-refractivity contribution is -0.134. The van der Waals surface area contributed by atoms with Crippen molar-refractivity contribution in [1.82, 2.24) is 20.4 Å². The molecule has 0 radical (unpaired) electrons. The molecule has 2 amide bonds. The van der Waals surface area contributed by atoms with E-state index in [0.29, 0.717) is 26.0 Å². The van der Waals surface area contributed by atoms with Crippen molar-refractivity contribution >= 4 is 22.7 Å². The Labute approximate surface area is 170 Å². The highest BCUT2D eigenvalue weighted by atomic mass is 16.5. The fourth-order valence-electron chi connectivity index (χ4n) is 4.06. The van der Waals surface area contributed by atoms with Crippen LogP contribution in [0.3, 0.4) is 0 Å². The zero-order chi connectivity index (χ0) is 20.2. The third-order valence-corrected chi connectivity index (χ3v) is 5.57. The van der Waals surface area contributed by atoms with Gasteiger partial charge in [0.2, 0.25) is 11.8 Å². The molecule has 0 bridgehead atoms.